The summed E-state index contributed by atoms with van der Waals surface area (Å²) in [6, 6.07) is 7.99. The molecule has 4 heteroatoms. The van der Waals surface area contributed by atoms with E-state index < -0.39 is 0 Å². The number of benzene rings is 1. The van der Waals surface area contributed by atoms with E-state index in [0.717, 1.165) is 35.1 Å². The molecule has 1 aliphatic heterocycles. The van der Waals surface area contributed by atoms with Gasteiger partial charge in [0.25, 0.3) is 5.91 Å². The summed E-state index contributed by atoms with van der Waals surface area (Å²) < 4.78 is 6.65. The van der Waals surface area contributed by atoms with Crippen LogP contribution < -0.4 is 5.32 Å². The quantitative estimate of drug-likeness (QED) is 0.922. The average molecular weight is 261 g/mol. The van der Waals surface area contributed by atoms with E-state index >= 15 is 0 Å². The molecule has 0 bridgehead atoms. The van der Waals surface area contributed by atoms with Crippen molar-refractivity contribution >= 4 is 27.3 Å². The Morgan fingerprint density at radius 3 is 3.17 bits per heavy atom. The molecule has 2 aromatic rings. The molecule has 1 aromatic heterocycles. The Morgan fingerprint density at radius 2 is 2.33 bits per heavy atom. The predicted molar refractivity (Wildman–Crippen MR) is 73.1 cm³/mol. The molecule has 3 nitrogen and oxygen atoms in total. The highest BCUT2D eigenvalue weighted by Gasteiger charge is 2.17. The largest absolute Gasteiger partial charge is 0.376 e. The molecule has 1 amide bonds. The van der Waals surface area contributed by atoms with E-state index in [9.17, 15) is 4.79 Å². The zero-order valence-corrected chi connectivity index (χ0v) is 10.8. The molecule has 1 fully saturated rings. The summed E-state index contributed by atoms with van der Waals surface area (Å²) in [7, 11) is 0. The molecule has 3 rings (SSSR count). The van der Waals surface area contributed by atoms with Gasteiger partial charge in [-0.25, -0.2) is 0 Å². The van der Waals surface area contributed by atoms with Crippen LogP contribution in [0.5, 0.6) is 0 Å². The van der Waals surface area contributed by atoms with Gasteiger partial charge in [-0.05, 0) is 18.9 Å². The van der Waals surface area contributed by atoms with Crippen molar-refractivity contribution in [3.63, 3.8) is 0 Å². The van der Waals surface area contributed by atoms with Gasteiger partial charge in [-0.15, -0.1) is 11.3 Å². The molecular weight excluding hydrogens is 246 g/mol. The molecule has 1 aliphatic rings. The Balaban J connectivity index is 1.71. The lowest BCUT2D eigenvalue weighted by molar-refractivity contribution is 0.0859. The maximum atomic E-state index is 12.1. The third-order valence-electron chi connectivity index (χ3n) is 3.24. The number of nitrogens with one attached hydrogen (secondary N) is 1. The van der Waals surface area contributed by atoms with Gasteiger partial charge in [-0.1, -0.05) is 18.2 Å². The van der Waals surface area contributed by atoms with Crippen molar-refractivity contribution in [3.05, 3.63) is 35.2 Å². The Kier molecular flexibility index (Phi) is 3.30. The molecule has 0 spiro atoms. The zero-order chi connectivity index (χ0) is 12.4. The maximum absolute atomic E-state index is 12.1. The molecule has 1 saturated heterocycles. The molecular formula is C14H15NO2S. The molecule has 1 aromatic carbocycles. The SMILES string of the molecule is O=C(NCC1CCCO1)c1csc2ccccc12. The molecule has 18 heavy (non-hydrogen) atoms. The third kappa shape index (κ3) is 2.26. The Bertz CT molecular complexity index is 558. The maximum Gasteiger partial charge on any atom is 0.252 e. The van der Waals surface area contributed by atoms with Crippen LogP contribution in [0.3, 0.4) is 0 Å². The van der Waals surface area contributed by atoms with E-state index in [1.807, 2.05) is 29.6 Å². The second-order valence-corrected chi connectivity index (χ2v) is 5.40. The second kappa shape index (κ2) is 5.08. The van der Waals surface area contributed by atoms with Gasteiger partial charge in [0, 0.05) is 28.6 Å². The minimum absolute atomic E-state index is 0.00273. The Labute approximate surface area is 110 Å². The smallest absolute Gasteiger partial charge is 0.252 e. The van der Waals surface area contributed by atoms with Gasteiger partial charge in [0.15, 0.2) is 0 Å². The van der Waals surface area contributed by atoms with Crippen LogP contribution in [0.2, 0.25) is 0 Å². The number of rotatable bonds is 3. The summed E-state index contributed by atoms with van der Waals surface area (Å²) in [6.07, 6.45) is 2.34. The number of ether oxygens (including phenoxy) is 1. The van der Waals surface area contributed by atoms with Crippen LogP contribution in [0, 0.1) is 0 Å². The molecule has 0 saturated carbocycles. The van der Waals surface area contributed by atoms with E-state index in [2.05, 4.69) is 5.32 Å². The number of fused-ring (bicyclic) bond motifs is 1. The first kappa shape index (κ1) is 11.7. The first-order valence-corrected chi connectivity index (χ1v) is 7.08. The summed E-state index contributed by atoms with van der Waals surface area (Å²) in [4.78, 5) is 12.1. The first-order valence-electron chi connectivity index (χ1n) is 6.20. The zero-order valence-electron chi connectivity index (χ0n) is 10.0. The van der Waals surface area contributed by atoms with Crippen LogP contribution in [0.1, 0.15) is 23.2 Å². The number of hydrogen-bond donors (Lipinski definition) is 1. The predicted octanol–water partition coefficient (Wildman–Crippen LogP) is 2.81. The molecule has 0 radical (unpaired) electrons. The van der Waals surface area contributed by atoms with Crippen LogP contribution in [0.25, 0.3) is 10.1 Å². The standard InChI is InChI=1S/C14H15NO2S/c16-14(15-8-10-4-3-7-17-10)12-9-18-13-6-2-1-5-11(12)13/h1-2,5-6,9-10H,3-4,7-8H2,(H,15,16). The van der Waals surface area contributed by atoms with E-state index in [4.69, 9.17) is 4.74 Å². The van der Waals surface area contributed by atoms with E-state index in [1.165, 1.54) is 0 Å². The lowest BCUT2D eigenvalue weighted by Crippen LogP contribution is -2.31. The molecule has 1 atom stereocenters. The van der Waals surface area contributed by atoms with E-state index in [-0.39, 0.29) is 12.0 Å². The number of thiophene rings is 1. The number of carbonyl (C=O) groups excluding carboxylic acids is 1. The summed E-state index contributed by atoms with van der Waals surface area (Å²) in [5, 5.41) is 5.92. The summed E-state index contributed by atoms with van der Waals surface area (Å²) in [5.41, 5.74) is 0.772. The summed E-state index contributed by atoms with van der Waals surface area (Å²) in [5.74, 6) is 0.00273. The van der Waals surface area contributed by atoms with Crippen molar-refractivity contribution < 1.29 is 9.53 Å². The van der Waals surface area contributed by atoms with Gasteiger partial charge in [-0.2, -0.15) is 0 Å². The minimum Gasteiger partial charge on any atom is -0.376 e. The lowest BCUT2D eigenvalue weighted by Gasteiger charge is -2.10. The fourth-order valence-electron chi connectivity index (χ4n) is 2.26. The number of carbonyl (C=O) groups is 1. The van der Waals surface area contributed by atoms with Crippen LogP contribution in [0.15, 0.2) is 29.6 Å². The van der Waals surface area contributed by atoms with Crippen molar-refractivity contribution in [3.8, 4) is 0 Å². The number of hydrogen-bond acceptors (Lipinski definition) is 3. The Hall–Kier alpha value is -1.39. The van der Waals surface area contributed by atoms with Gasteiger partial charge < -0.3 is 10.1 Å². The third-order valence-corrected chi connectivity index (χ3v) is 4.20. The van der Waals surface area contributed by atoms with Gasteiger partial charge in [-0.3, -0.25) is 4.79 Å². The molecule has 1 N–H and O–H groups in total. The van der Waals surface area contributed by atoms with Crippen molar-refractivity contribution in [2.75, 3.05) is 13.2 Å². The summed E-state index contributed by atoms with van der Waals surface area (Å²) in [6.45, 7) is 1.44. The second-order valence-electron chi connectivity index (χ2n) is 4.49. The van der Waals surface area contributed by atoms with Crippen molar-refractivity contribution in [2.45, 2.75) is 18.9 Å². The molecule has 0 aliphatic carbocycles. The van der Waals surface area contributed by atoms with E-state index in [1.54, 1.807) is 11.3 Å². The van der Waals surface area contributed by atoms with E-state index in [0.29, 0.717) is 6.54 Å². The monoisotopic (exact) mass is 261 g/mol. The highest BCUT2D eigenvalue weighted by molar-refractivity contribution is 7.17. The molecule has 94 valence electrons. The summed E-state index contributed by atoms with van der Waals surface area (Å²) >= 11 is 1.61. The first-order chi connectivity index (χ1) is 8.84. The topological polar surface area (TPSA) is 38.3 Å². The van der Waals surface area contributed by atoms with Gasteiger partial charge in [0.05, 0.1) is 11.7 Å². The normalized spacial score (nSPS) is 19.2. The Morgan fingerprint density at radius 1 is 1.44 bits per heavy atom. The van der Waals surface area contributed by atoms with Crippen LogP contribution in [0.4, 0.5) is 0 Å². The van der Waals surface area contributed by atoms with Crippen LogP contribution in [-0.4, -0.2) is 25.2 Å². The van der Waals surface area contributed by atoms with Crippen LogP contribution >= 0.6 is 11.3 Å². The van der Waals surface area contributed by atoms with Gasteiger partial charge >= 0.3 is 0 Å². The average Bonchev–Trinajstić information content (AvgIpc) is 3.05. The molecule has 2 heterocycles. The van der Waals surface area contributed by atoms with Crippen molar-refractivity contribution in [1.29, 1.82) is 0 Å². The van der Waals surface area contributed by atoms with Crippen LogP contribution in [-0.2, 0) is 4.74 Å². The fraction of sp³-hybridized carbons (Fsp3) is 0.357. The highest BCUT2D eigenvalue weighted by Crippen LogP contribution is 2.25. The highest BCUT2D eigenvalue weighted by atomic mass is 32.1. The number of amides is 1. The fourth-order valence-corrected chi connectivity index (χ4v) is 3.20. The lowest BCUT2D eigenvalue weighted by atomic mass is 10.1. The van der Waals surface area contributed by atoms with Gasteiger partial charge in [0.1, 0.15) is 0 Å². The van der Waals surface area contributed by atoms with Gasteiger partial charge in [0.2, 0.25) is 0 Å². The van der Waals surface area contributed by atoms with Crippen molar-refractivity contribution in [1.82, 2.24) is 5.32 Å². The van der Waals surface area contributed by atoms with Crippen molar-refractivity contribution in [2.24, 2.45) is 0 Å². The molecule has 1 unspecified atom stereocenters. The minimum atomic E-state index is 0.00273.